The number of nitrogens with one attached hydrogen (secondary N) is 1. The van der Waals surface area contributed by atoms with E-state index in [1.807, 2.05) is 6.07 Å². The van der Waals surface area contributed by atoms with Gasteiger partial charge in [0.25, 0.3) is 0 Å². The number of hydrogen-bond acceptors (Lipinski definition) is 3. The van der Waals surface area contributed by atoms with E-state index in [9.17, 15) is 8.42 Å². The van der Waals surface area contributed by atoms with Gasteiger partial charge in [0, 0.05) is 6.04 Å². The van der Waals surface area contributed by atoms with Crippen LogP contribution < -0.4 is 4.72 Å². The molecule has 5 heteroatoms. The molecule has 2 aliphatic carbocycles. The van der Waals surface area contributed by atoms with Gasteiger partial charge < -0.3 is 0 Å². The van der Waals surface area contributed by atoms with Crippen molar-refractivity contribution in [1.29, 1.82) is 5.26 Å². The van der Waals surface area contributed by atoms with Gasteiger partial charge in [0.1, 0.15) is 0 Å². The first-order valence-corrected chi connectivity index (χ1v) is 9.59. The molecule has 1 aromatic rings. The van der Waals surface area contributed by atoms with Crippen molar-refractivity contribution >= 4 is 10.0 Å². The lowest BCUT2D eigenvalue weighted by molar-refractivity contribution is 0.152. The molecular formula is C17H22N2O2S. The van der Waals surface area contributed by atoms with Crippen molar-refractivity contribution < 1.29 is 8.42 Å². The molecule has 4 nitrogen and oxygen atoms in total. The average molecular weight is 318 g/mol. The average Bonchev–Trinajstić information content (AvgIpc) is 2.54. The van der Waals surface area contributed by atoms with Crippen LogP contribution in [0.1, 0.15) is 50.5 Å². The summed E-state index contributed by atoms with van der Waals surface area (Å²) >= 11 is 0. The topological polar surface area (TPSA) is 70.0 Å². The Morgan fingerprint density at radius 2 is 1.86 bits per heavy atom. The van der Waals surface area contributed by atoms with Crippen LogP contribution in [0.15, 0.2) is 29.2 Å². The number of rotatable bonds is 3. The first-order valence-electron chi connectivity index (χ1n) is 8.11. The highest BCUT2D eigenvalue weighted by atomic mass is 32.2. The van der Waals surface area contributed by atoms with Crippen molar-refractivity contribution in [2.24, 2.45) is 11.8 Å². The van der Waals surface area contributed by atoms with E-state index in [0.29, 0.717) is 11.5 Å². The zero-order valence-corrected chi connectivity index (χ0v) is 13.5. The van der Waals surface area contributed by atoms with Crippen LogP contribution in [0, 0.1) is 23.2 Å². The SMILES string of the molecule is N#Cc1cccc(S(=O)(=O)N[C@@H]2CC[C@@H]3CCCC[C@@H]3C2)c1. The van der Waals surface area contributed by atoms with Gasteiger partial charge in [0.15, 0.2) is 0 Å². The van der Waals surface area contributed by atoms with Crippen LogP contribution >= 0.6 is 0 Å². The minimum Gasteiger partial charge on any atom is -0.208 e. The predicted octanol–water partition coefficient (Wildman–Crippen LogP) is 3.20. The van der Waals surface area contributed by atoms with Gasteiger partial charge in [-0.15, -0.1) is 0 Å². The second-order valence-electron chi connectivity index (χ2n) is 6.58. The Balaban J connectivity index is 1.70. The first kappa shape index (κ1) is 15.5. The van der Waals surface area contributed by atoms with Gasteiger partial charge in [-0.3, -0.25) is 0 Å². The zero-order valence-electron chi connectivity index (χ0n) is 12.7. The smallest absolute Gasteiger partial charge is 0.208 e. The second-order valence-corrected chi connectivity index (χ2v) is 8.29. The van der Waals surface area contributed by atoms with Crippen LogP contribution in [0.5, 0.6) is 0 Å². The summed E-state index contributed by atoms with van der Waals surface area (Å²) in [4.78, 5) is 0.192. The maximum Gasteiger partial charge on any atom is 0.240 e. The first-order chi connectivity index (χ1) is 10.6. The summed E-state index contributed by atoms with van der Waals surface area (Å²) in [7, 11) is -3.53. The fraction of sp³-hybridized carbons (Fsp3) is 0.588. The second kappa shape index (κ2) is 6.39. The van der Waals surface area contributed by atoms with Gasteiger partial charge in [-0.05, 0) is 49.3 Å². The third-order valence-corrected chi connectivity index (χ3v) is 6.65. The Morgan fingerprint density at radius 3 is 2.64 bits per heavy atom. The molecule has 3 rings (SSSR count). The lowest BCUT2D eigenvalue weighted by Crippen LogP contribution is -2.41. The van der Waals surface area contributed by atoms with Gasteiger partial charge >= 0.3 is 0 Å². The van der Waals surface area contributed by atoms with Gasteiger partial charge in [-0.25, -0.2) is 13.1 Å². The fourth-order valence-electron chi connectivity index (χ4n) is 4.00. The molecule has 0 heterocycles. The Morgan fingerprint density at radius 1 is 1.09 bits per heavy atom. The van der Waals surface area contributed by atoms with Crippen LogP contribution in [0.3, 0.4) is 0 Å². The summed E-state index contributed by atoms with van der Waals surface area (Å²) in [5, 5.41) is 8.91. The lowest BCUT2D eigenvalue weighted by Gasteiger charge is -2.39. The molecule has 0 aliphatic heterocycles. The highest BCUT2D eigenvalue weighted by Gasteiger charge is 2.33. The van der Waals surface area contributed by atoms with E-state index in [0.717, 1.165) is 25.2 Å². The van der Waals surface area contributed by atoms with E-state index >= 15 is 0 Å². The molecule has 0 amide bonds. The van der Waals surface area contributed by atoms with Crippen molar-refractivity contribution in [3.05, 3.63) is 29.8 Å². The van der Waals surface area contributed by atoms with Gasteiger partial charge in [-0.2, -0.15) is 5.26 Å². The molecule has 0 radical (unpaired) electrons. The third kappa shape index (κ3) is 3.34. The van der Waals surface area contributed by atoms with Crippen LogP contribution in [-0.2, 0) is 10.0 Å². The maximum atomic E-state index is 12.5. The van der Waals surface area contributed by atoms with Crippen molar-refractivity contribution in [2.75, 3.05) is 0 Å². The van der Waals surface area contributed by atoms with E-state index in [4.69, 9.17) is 5.26 Å². The molecule has 2 saturated carbocycles. The van der Waals surface area contributed by atoms with E-state index < -0.39 is 10.0 Å². The molecule has 3 atom stereocenters. The molecule has 22 heavy (non-hydrogen) atoms. The van der Waals surface area contributed by atoms with E-state index in [1.165, 1.54) is 31.7 Å². The van der Waals surface area contributed by atoms with Gasteiger partial charge in [0.05, 0.1) is 16.5 Å². The highest BCUT2D eigenvalue weighted by Crippen LogP contribution is 2.40. The summed E-state index contributed by atoms with van der Waals surface area (Å²) in [6.07, 6.45) is 8.20. The molecule has 2 fully saturated rings. The summed E-state index contributed by atoms with van der Waals surface area (Å²) in [6, 6.07) is 8.25. The predicted molar refractivity (Wildman–Crippen MR) is 84.6 cm³/mol. The van der Waals surface area contributed by atoms with Gasteiger partial charge in [-0.1, -0.05) is 31.7 Å². The molecular weight excluding hydrogens is 296 g/mol. The molecule has 1 aromatic carbocycles. The highest BCUT2D eigenvalue weighted by molar-refractivity contribution is 7.89. The van der Waals surface area contributed by atoms with Crippen LogP contribution in [0.25, 0.3) is 0 Å². The van der Waals surface area contributed by atoms with Crippen molar-refractivity contribution in [3.8, 4) is 6.07 Å². The van der Waals surface area contributed by atoms with Crippen LogP contribution in [-0.4, -0.2) is 14.5 Å². The van der Waals surface area contributed by atoms with Crippen LogP contribution in [0.4, 0.5) is 0 Å². The number of benzene rings is 1. The number of fused-ring (bicyclic) bond motifs is 1. The Hall–Kier alpha value is -1.38. The van der Waals surface area contributed by atoms with Crippen molar-refractivity contribution in [3.63, 3.8) is 0 Å². The standard InChI is InChI=1S/C17H22N2O2S/c18-12-13-4-3-7-17(10-13)22(20,21)19-16-9-8-14-5-1-2-6-15(14)11-16/h3-4,7,10,14-16,19H,1-2,5-6,8-9,11H2/t14-,15+,16+/m0/s1. The summed E-state index contributed by atoms with van der Waals surface area (Å²) < 4.78 is 27.9. The summed E-state index contributed by atoms with van der Waals surface area (Å²) in [6.45, 7) is 0. The molecule has 0 saturated heterocycles. The Kier molecular flexibility index (Phi) is 4.51. The van der Waals surface area contributed by atoms with E-state index in [1.54, 1.807) is 18.2 Å². The quantitative estimate of drug-likeness (QED) is 0.930. The van der Waals surface area contributed by atoms with Crippen LogP contribution in [0.2, 0.25) is 0 Å². The largest absolute Gasteiger partial charge is 0.240 e. The monoisotopic (exact) mass is 318 g/mol. The molecule has 2 aliphatic rings. The molecule has 0 spiro atoms. The fourth-order valence-corrected chi connectivity index (χ4v) is 5.33. The minimum atomic E-state index is -3.53. The lowest BCUT2D eigenvalue weighted by atomic mass is 9.70. The molecule has 0 unspecified atom stereocenters. The summed E-state index contributed by atoms with van der Waals surface area (Å²) in [5.41, 5.74) is 0.374. The Bertz CT molecular complexity index is 678. The number of nitriles is 1. The van der Waals surface area contributed by atoms with Gasteiger partial charge in [0.2, 0.25) is 10.0 Å². The number of sulfonamides is 1. The molecule has 118 valence electrons. The number of nitrogens with zero attached hydrogens (tertiary/aromatic N) is 1. The Labute approximate surface area is 132 Å². The van der Waals surface area contributed by atoms with Crippen molar-refractivity contribution in [1.82, 2.24) is 4.72 Å². The zero-order chi connectivity index (χ0) is 15.6. The normalized spacial score (nSPS) is 28.6. The van der Waals surface area contributed by atoms with E-state index in [2.05, 4.69) is 4.72 Å². The number of hydrogen-bond donors (Lipinski definition) is 1. The molecule has 0 bridgehead atoms. The maximum absolute atomic E-state index is 12.5. The molecule has 1 N–H and O–H groups in total. The minimum absolute atomic E-state index is 0.0371. The van der Waals surface area contributed by atoms with E-state index in [-0.39, 0.29) is 10.9 Å². The summed E-state index contributed by atoms with van der Waals surface area (Å²) in [5.74, 6) is 1.48. The molecule has 0 aromatic heterocycles. The third-order valence-electron chi connectivity index (χ3n) is 5.13. The van der Waals surface area contributed by atoms with Crippen molar-refractivity contribution in [2.45, 2.75) is 55.9 Å².